The molecule has 1 aromatic heterocycles. The van der Waals surface area contributed by atoms with Gasteiger partial charge in [-0.25, -0.2) is 13.4 Å². The number of nitrogens with zero attached hydrogens (tertiary/aromatic N) is 2. The first-order chi connectivity index (χ1) is 15.4. The molecule has 0 aliphatic carbocycles. The van der Waals surface area contributed by atoms with E-state index in [9.17, 15) is 13.2 Å². The molecule has 1 heterocycles. The highest BCUT2D eigenvalue weighted by atomic mass is 32.2. The summed E-state index contributed by atoms with van der Waals surface area (Å²) in [4.78, 5) is 20.0. The highest BCUT2D eigenvalue weighted by Gasteiger charge is 2.27. The quantitative estimate of drug-likeness (QED) is 0.385. The average molecular weight is 467 g/mol. The van der Waals surface area contributed by atoms with Crippen LogP contribution in [0.25, 0.3) is 10.2 Å². The number of amides is 1. The van der Waals surface area contributed by atoms with Gasteiger partial charge in [-0.1, -0.05) is 60.7 Å². The van der Waals surface area contributed by atoms with Crippen LogP contribution in [-0.4, -0.2) is 32.2 Å². The van der Waals surface area contributed by atoms with Crippen molar-refractivity contribution in [2.75, 3.05) is 17.8 Å². The van der Waals surface area contributed by atoms with Gasteiger partial charge in [-0.3, -0.25) is 9.69 Å². The zero-order chi connectivity index (χ0) is 22.7. The molecule has 32 heavy (non-hydrogen) atoms. The van der Waals surface area contributed by atoms with Crippen LogP contribution in [0, 0.1) is 0 Å². The lowest BCUT2D eigenvalue weighted by Gasteiger charge is -2.21. The van der Waals surface area contributed by atoms with E-state index >= 15 is 0 Å². The number of hydrogen-bond acceptors (Lipinski definition) is 6. The number of sulfone groups is 1. The summed E-state index contributed by atoms with van der Waals surface area (Å²) in [5, 5.41) is 0.491. The van der Waals surface area contributed by atoms with Gasteiger partial charge in [-0.15, -0.1) is 0 Å². The smallest absolute Gasteiger partial charge is 0.261 e. The number of fused-ring (bicyclic) bond motifs is 1. The minimum atomic E-state index is -3.58. The van der Waals surface area contributed by atoms with Gasteiger partial charge in [0.25, 0.3) is 5.91 Å². The summed E-state index contributed by atoms with van der Waals surface area (Å²) < 4.78 is 31.5. The summed E-state index contributed by atoms with van der Waals surface area (Å²) in [6, 6.07) is 21.4. The maximum atomic E-state index is 13.7. The minimum absolute atomic E-state index is 0.0355. The van der Waals surface area contributed by atoms with Crippen LogP contribution in [-0.2, 0) is 16.4 Å². The fourth-order valence-corrected chi connectivity index (χ4v) is 5.42. The zero-order valence-electron chi connectivity index (χ0n) is 17.7. The summed E-state index contributed by atoms with van der Waals surface area (Å²) in [6.07, 6.45) is 0. The van der Waals surface area contributed by atoms with E-state index in [0.29, 0.717) is 10.9 Å². The highest BCUT2D eigenvalue weighted by molar-refractivity contribution is 7.91. The van der Waals surface area contributed by atoms with Crippen molar-refractivity contribution < 1.29 is 17.9 Å². The topological polar surface area (TPSA) is 76.6 Å². The van der Waals surface area contributed by atoms with Crippen LogP contribution in [0.1, 0.15) is 22.8 Å². The van der Waals surface area contributed by atoms with Crippen LogP contribution in [0.3, 0.4) is 0 Å². The molecule has 6 nitrogen and oxygen atoms in total. The Hall–Kier alpha value is -3.23. The molecule has 0 aliphatic heterocycles. The lowest BCUT2D eigenvalue weighted by Crippen LogP contribution is -2.31. The van der Waals surface area contributed by atoms with E-state index in [4.69, 9.17) is 4.74 Å². The van der Waals surface area contributed by atoms with Gasteiger partial charge in [-0.05, 0) is 35.9 Å². The molecule has 0 bridgehead atoms. The Kier molecular flexibility index (Phi) is 6.25. The first-order valence-electron chi connectivity index (χ1n) is 10.0. The molecule has 0 N–H and O–H groups in total. The molecule has 0 saturated carbocycles. The van der Waals surface area contributed by atoms with Crippen LogP contribution >= 0.6 is 11.3 Å². The third-order valence-electron chi connectivity index (χ3n) is 5.08. The Bertz CT molecular complexity index is 1370. The Labute approximate surface area is 191 Å². The van der Waals surface area contributed by atoms with Crippen LogP contribution < -0.4 is 9.64 Å². The van der Waals surface area contributed by atoms with E-state index in [1.54, 1.807) is 32.2 Å². The van der Waals surface area contributed by atoms with Crippen molar-refractivity contribution in [3.05, 3.63) is 83.9 Å². The largest absolute Gasteiger partial charge is 0.497 e. The zero-order valence-corrected chi connectivity index (χ0v) is 19.3. The number of carbonyl (C=O) groups is 1. The van der Waals surface area contributed by atoms with Crippen molar-refractivity contribution in [2.45, 2.75) is 18.4 Å². The van der Waals surface area contributed by atoms with E-state index in [-0.39, 0.29) is 22.8 Å². The van der Waals surface area contributed by atoms with Crippen molar-refractivity contribution in [3.8, 4) is 5.75 Å². The van der Waals surface area contributed by atoms with Crippen molar-refractivity contribution in [1.82, 2.24) is 4.98 Å². The predicted molar refractivity (Wildman–Crippen MR) is 127 cm³/mol. The van der Waals surface area contributed by atoms with Gasteiger partial charge < -0.3 is 4.74 Å². The van der Waals surface area contributed by atoms with Crippen molar-refractivity contribution in [2.24, 2.45) is 0 Å². The third kappa shape index (κ3) is 4.37. The second-order valence-corrected chi connectivity index (χ2v) is 10.4. The number of hydrogen-bond donors (Lipinski definition) is 0. The number of benzene rings is 3. The summed E-state index contributed by atoms with van der Waals surface area (Å²) >= 11 is 1.36. The Balaban J connectivity index is 1.83. The van der Waals surface area contributed by atoms with Gasteiger partial charge in [0.2, 0.25) is 0 Å². The molecule has 3 aromatic carbocycles. The van der Waals surface area contributed by atoms with Gasteiger partial charge in [0.05, 0.1) is 40.1 Å². The van der Waals surface area contributed by atoms with Crippen LogP contribution in [0.2, 0.25) is 0 Å². The van der Waals surface area contributed by atoms with Crippen molar-refractivity contribution in [3.63, 3.8) is 0 Å². The molecule has 8 heteroatoms. The lowest BCUT2D eigenvalue weighted by molar-refractivity contribution is 0.0982. The molecule has 0 spiro atoms. The predicted octanol–water partition coefficient (Wildman–Crippen LogP) is 4.95. The van der Waals surface area contributed by atoms with E-state index in [1.807, 2.05) is 48.5 Å². The maximum Gasteiger partial charge on any atom is 0.261 e. The van der Waals surface area contributed by atoms with Gasteiger partial charge >= 0.3 is 0 Å². The summed E-state index contributed by atoms with van der Waals surface area (Å²) in [7, 11) is -1.98. The molecule has 164 valence electrons. The van der Waals surface area contributed by atoms with Gasteiger partial charge in [0, 0.05) is 0 Å². The van der Waals surface area contributed by atoms with Crippen LogP contribution in [0.5, 0.6) is 5.75 Å². The number of ether oxygens (including phenoxy) is 1. The van der Waals surface area contributed by atoms with E-state index in [1.165, 1.54) is 22.3 Å². The molecule has 0 aliphatic rings. The van der Waals surface area contributed by atoms with Crippen LogP contribution in [0.15, 0.2) is 77.7 Å². The van der Waals surface area contributed by atoms with Gasteiger partial charge in [0.1, 0.15) is 5.75 Å². The molecule has 0 saturated heterocycles. The molecule has 4 aromatic rings. The number of aromatic nitrogens is 1. The molecule has 0 fully saturated rings. The third-order valence-corrected chi connectivity index (χ3v) is 7.90. The minimum Gasteiger partial charge on any atom is -0.497 e. The van der Waals surface area contributed by atoms with Gasteiger partial charge in [0.15, 0.2) is 15.0 Å². The normalized spacial score (nSPS) is 11.4. The lowest BCUT2D eigenvalue weighted by atomic mass is 10.1. The number of thiazole rings is 1. The van der Waals surface area contributed by atoms with E-state index < -0.39 is 15.7 Å². The Morgan fingerprint density at radius 1 is 1.03 bits per heavy atom. The Morgan fingerprint density at radius 2 is 1.75 bits per heavy atom. The number of methoxy groups -OCH3 is 1. The molecular formula is C24H22N2O4S2. The number of anilines is 1. The second-order valence-electron chi connectivity index (χ2n) is 7.11. The first-order valence-corrected chi connectivity index (χ1v) is 12.5. The van der Waals surface area contributed by atoms with Crippen molar-refractivity contribution >= 4 is 42.4 Å². The molecule has 1 amide bonds. The van der Waals surface area contributed by atoms with E-state index in [2.05, 4.69) is 4.98 Å². The molecule has 0 atom stereocenters. The summed E-state index contributed by atoms with van der Waals surface area (Å²) in [5.74, 6) is 0.206. The summed E-state index contributed by atoms with van der Waals surface area (Å²) in [6.45, 7) is 1.83. The maximum absolute atomic E-state index is 13.7. The monoisotopic (exact) mass is 466 g/mol. The fourth-order valence-electron chi connectivity index (χ4n) is 3.34. The Morgan fingerprint density at radius 3 is 2.47 bits per heavy atom. The first kappa shape index (κ1) is 22.0. The molecule has 0 unspecified atom stereocenters. The fraction of sp³-hybridized carbons (Fsp3) is 0.167. The molecule has 0 radical (unpaired) electrons. The summed E-state index contributed by atoms with van der Waals surface area (Å²) in [5.41, 5.74) is 1.79. The number of carbonyl (C=O) groups excluding carboxylic acids is 1. The molecule has 4 rings (SSSR count). The number of rotatable bonds is 7. The van der Waals surface area contributed by atoms with Gasteiger partial charge in [-0.2, -0.15) is 0 Å². The molecular weight excluding hydrogens is 444 g/mol. The van der Waals surface area contributed by atoms with Crippen LogP contribution in [0.4, 0.5) is 5.13 Å². The van der Waals surface area contributed by atoms with E-state index in [0.717, 1.165) is 15.8 Å². The highest BCUT2D eigenvalue weighted by Crippen LogP contribution is 2.33. The second kappa shape index (κ2) is 9.10. The standard InChI is InChI=1S/C24H22N2O4S2/c1-3-32(28,29)22-12-8-7-11-19(22)23(27)26(16-17-9-5-4-6-10-17)24-25-20-14-13-18(30-2)15-21(20)31-24/h4-15H,3,16H2,1-2H3. The average Bonchev–Trinajstić information content (AvgIpc) is 3.25. The SMILES string of the molecule is CCS(=O)(=O)c1ccccc1C(=O)N(Cc1ccccc1)c1nc2ccc(OC)cc2s1. The van der Waals surface area contributed by atoms with Crippen molar-refractivity contribution in [1.29, 1.82) is 0 Å².